The van der Waals surface area contributed by atoms with E-state index in [1.54, 1.807) is 12.1 Å². The molecule has 4 rings (SSSR count). The lowest BCUT2D eigenvalue weighted by molar-refractivity contribution is 0.162. The van der Waals surface area contributed by atoms with Gasteiger partial charge in [0.2, 0.25) is 9.84 Å². The third-order valence-corrected chi connectivity index (χ3v) is 14.5. The van der Waals surface area contributed by atoms with E-state index in [4.69, 9.17) is 4.43 Å². The molecule has 2 saturated carbocycles. The Hall–Kier alpha value is -0.913. The van der Waals surface area contributed by atoms with E-state index in [0.717, 1.165) is 25.7 Å². The van der Waals surface area contributed by atoms with Crippen LogP contribution in [0.5, 0.6) is 0 Å². The van der Waals surface area contributed by atoms with Crippen LogP contribution in [0.3, 0.4) is 0 Å². The van der Waals surface area contributed by atoms with Crippen LogP contribution in [0.25, 0.3) is 0 Å². The highest BCUT2D eigenvalue weighted by Crippen LogP contribution is 2.66. The maximum absolute atomic E-state index is 13.8. The minimum Gasteiger partial charge on any atom is -0.409 e. The molecule has 3 atom stereocenters. The molecule has 0 heterocycles. The van der Waals surface area contributed by atoms with Gasteiger partial charge in [-0.05, 0) is 79.3 Å². The summed E-state index contributed by atoms with van der Waals surface area (Å²) in [6, 6.07) is 8.98. The molecule has 1 aromatic rings. The third-order valence-electron chi connectivity index (χ3n) is 8.03. The molecule has 1 aromatic carbocycles. The van der Waals surface area contributed by atoms with Crippen molar-refractivity contribution >= 4 is 18.2 Å². The van der Waals surface area contributed by atoms with Crippen molar-refractivity contribution in [1.82, 2.24) is 0 Å². The van der Waals surface area contributed by atoms with Crippen LogP contribution in [0.4, 0.5) is 0 Å². The Balaban J connectivity index is 1.83. The van der Waals surface area contributed by atoms with E-state index >= 15 is 0 Å². The van der Waals surface area contributed by atoms with Crippen LogP contribution in [0.1, 0.15) is 59.3 Å². The monoisotopic (exact) mass is 418 g/mol. The summed E-state index contributed by atoms with van der Waals surface area (Å²) in [6.07, 6.45) is 6.29. The second-order valence-corrected chi connectivity index (χ2v) is 17.2. The van der Waals surface area contributed by atoms with E-state index in [-0.39, 0.29) is 16.6 Å². The zero-order chi connectivity index (χ0) is 20.4. The zero-order valence-electron chi connectivity index (χ0n) is 17.9. The zero-order valence-corrected chi connectivity index (χ0v) is 19.7. The van der Waals surface area contributed by atoms with Crippen molar-refractivity contribution < 1.29 is 12.8 Å². The average Bonchev–Trinajstić information content (AvgIpc) is 3.22. The van der Waals surface area contributed by atoms with E-state index in [1.165, 1.54) is 18.4 Å². The molecule has 0 aliphatic heterocycles. The Morgan fingerprint density at radius 1 is 1.11 bits per heavy atom. The van der Waals surface area contributed by atoms with Gasteiger partial charge in [0.15, 0.2) is 8.32 Å². The minimum absolute atomic E-state index is 0.0593. The molecular weight excluding hydrogens is 384 g/mol. The van der Waals surface area contributed by atoms with Crippen molar-refractivity contribution in [1.29, 1.82) is 0 Å². The second kappa shape index (κ2) is 6.54. The maximum atomic E-state index is 13.8. The highest BCUT2D eigenvalue weighted by atomic mass is 32.2. The number of benzene rings is 1. The quantitative estimate of drug-likeness (QED) is 0.556. The second-order valence-electron chi connectivity index (χ2n) is 10.5. The van der Waals surface area contributed by atoms with Crippen LogP contribution < -0.4 is 0 Å². The molecule has 0 bridgehead atoms. The number of rotatable bonds is 4. The van der Waals surface area contributed by atoms with Gasteiger partial charge in [-0.15, -0.1) is 0 Å². The molecule has 0 N–H and O–H groups in total. The number of allylic oxidation sites excluding steroid dienone is 1. The summed E-state index contributed by atoms with van der Waals surface area (Å²) in [5.41, 5.74) is 1.31. The van der Waals surface area contributed by atoms with Crippen LogP contribution in [0.2, 0.25) is 18.1 Å². The molecule has 3 nitrogen and oxygen atoms in total. The summed E-state index contributed by atoms with van der Waals surface area (Å²) in [5.74, 6) is 0.650. The van der Waals surface area contributed by atoms with Gasteiger partial charge in [0.25, 0.3) is 0 Å². The molecule has 154 valence electrons. The predicted octanol–water partition coefficient (Wildman–Crippen LogP) is 6.09. The van der Waals surface area contributed by atoms with Crippen molar-refractivity contribution in [2.24, 2.45) is 11.3 Å². The van der Waals surface area contributed by atoms with Crippen LogP contribution >= 0.6 is 0 Å². The smallest absolute Gasteiger partial charge is 0.205 e. The molecule has 0 amide bonds. The first-order chi connectivity index (χ1) is 13.0. The van der Waals surface area contributed by atoms with Gasteiger partial charge in [-0.25, -0.2) is 8.42 Å². The molecule has 0 radical (unpaired) electrons. The SMILES string of the molecule is CC(C)(C)[Si](C)(C)O[C@H]1C[C@]23CCC[C@H]2CCC3=C1S(=O)(=O)c1ccccc1. The molecule has 0 unspecified atom stereocenters. The Bertz CT molecular complexity index is 896. The van der Waals surface area contributed by atoms with Crippen molar-refractivity contribution in [3.8, 4) is 0 Å². The Kier molecular flexibility index (Phi) is 4.76. The Morgan fingerprint density at radius 3 is 2.43 bits per heavy atom. The lowest BCUT2D eigenvalue weighted by atomic mass is 9.77. The summed E-state index contributed by atoms with van der Waals surface area (Å²) < 4.78 is 34.4. The molecule has 1 spiro atoms. The summed E-state index contributed by atoms with van der Waals surface area (Å²) in [7, 11) is -5.61. The molecule has 28 heavy (non-hydrogen) atoms. The van der Waals surface area contributed by atoms with Gasteiger partial charge in [-0.1, -0.05) is 45.4 Å². The summed E-state index contributed by atoms with van der Waals surface area (Å²) in [6.45, 7) is 11.2. The fourth-order valence-corrected chi connectivity index (χ4v) is 8.83. The van der Waals surface area contributed by atoms with E-state index in [2.05, 4.69) is 33.9 Å². The first kappa shape index (κ1) is 20.4. The standard InChI is InChI=1S/C23H34O3SSi/c1-22(2,3)28(4,5)26-20-16-23-15-9-10-17(23)13-14-19(23)21(20)27(24,25)18-11-7-6-8-12-18/h6-8,11-12,17,20H,9-10,13-16H2,1-5H3/t17-,20-,23+/m0/s1. The molecule has 3 aliphatic rings. The van der Waals surface area contributed by atoms with Crippen LogP contribution in [-0.4, -0.2) is 22.8 Å². The lowest BCUT2D eigenvalue weighted by Gasteiger charge is -2.39. The summed E-state index contributed by atoms with van der Waals surface area (Å²) in [4.78, 5) is 1.05. The lowest BCUT2D eigenvalue weighted by Crippen LogP contribution is -2.45. The van der Waals surface area contributed by atoms with Crippen molar-refractivity contribution in [3.63, 3.8) is 0 Å². The van der Waals surface area contributed by atoms with Crippen molar-refractivity contribution in [2.75, 3.05) is 0 Å². The normalized spacial score (nSPS) is 30.6. The molecule has 0 aromatic heterocycles. The van der Waals surface area contributed by atoms with E-state index in [9.17, 15) is 8.42 Å². The van der Waals surface area contributed by atoms with E-state index < -0.39 is 18.2 Å². The van der Waals surface area contributed by atoms with Crippen LogP contribution in [-0.2, 0) is 14.3 Å². The molecule has 2 fully saturated rings. The number of hydrogen-bond acceptors (Lipinski definition) is 3. The largest absolute Gasteiger partial charge is 0.409 e. The third kappa shape index (κ3) is 2.96. The van der Waals surface area contributed by atoms with Gasteiger partial charge in [-0.3, -0.25) is 0 Å². The summed E-state index contributed by atoms with van der Waals surface area (Å²) >= 11 is 0. The topological polar surface area (TPSA) is 43.4 Å². The van der Waals surface area contributed by atoms with Gasteiger partial charge >= 0.3 is 0 Å². The van der Waals surface area contributed by atoms with Gasteiger partial charge in [0, 0.05) is 0 Å². The number of hydrogen-bond donors (Lipinski definition) is 0. The summed E-state index contributed by atoms with van der Waals surface area (Å²) in [5, 5.41) is 0.0593. The van der Waals surface area contributed by atoms with Crippen LogP contribution in [0, 0.1) is 11.3 Å². The molecule has 5 heteroatoms. The van der Waals surface area contributed by atoms with Crippen LogP contribution in [0.15, 0.2) is 45.7 Å². The van der Waals surface area contributed by atoms with Gasteiger partial charge in [0.05, 0.1) is 15.9 Å². The minimum atomic E-state index is -3.53. The van der Waals surface area contributed by atoms with Crippen molar-refractivity contribution in [2.45, 2.75) is 88.4 Å². The van der Waals surface area contributed by atoms with E-state index in [0.29, 0.717) is 15.7 Å². The fourth-order valence-electron chi connectivity index (χ4n) is 5.60. The maximum Gasteiger partial charge on any atom is 0.205 e. The molecule has 3 aliphatic carbocycles. The number of sulfone groups is 1. The van der Waals surface area contributed by atoms with Crippen molar-refractivity contribution in [3.05, 3.63) is 40.8 Å². The molecule has 0 saturated heterocycles. The van der Waals surface area contributed by atoms with Gasteiger partial charge < -0.3 is 4.43 Å². The molecular formula is C23H34O3SSi. The van der Waals surface area contributed by atoms with Gasteiger partial charge in [0.1, 0.15) is 0 Å². The predicted molar refractivity (Wildman–Crippen MR) is 116 cm³/mol. The van der Waals surface area contributed by atoms with E-state index in [1.807, 2.05) is 18.2 Å². The van der Waals surface area contributed by atoms with Gasteiger partial charge in [-0.2, -0.15) is 0 Å². The highest BCUT2D eigenvalue weighted by Gasteiger charge is 2.59. The Morgan fingerprint density at radius 2 is 1.79 bits per heavy atom. The average molecular weight is 419 g/mol. The first-order valence-corrected chi connectivity index (χ1v) is 15.1. The first-order valence-electron chi connectivity index (χ1n) is 10.7. The highest BCUT2D eigenvalue weighted by molar-refractivity contribution is 7.95. The fraction of sp³-hybridized carbons (Fsp3) is 0.652. The Labute approximate surface area is 171 Å².